The van der Waals surface area contributed by atoms with Crippen molar-refractivity contribution < 1.29 is 4.39 Å². The van der Waals surface area contributed by atoms with Crippen molar-refractivity contribution in [3.8, 4) is 0 Å². The van der Waals surface area contributed by atoms with Gasteiger partial charge in [-0.25, -0.2) is 4.39 Å². The molecular weight excluding hydrogens is 296 g/mol. The van der Waals surface area contributed by atoms with Gasteiger partial charge in [0.1, 0.15) is 5.82 Å². The van der Waals surface area contributed by atoms with E-state index in [4.69, 9.17) is 23.2 Å². The third-order valence-electron chi connectivity index (χ3n) is 3.93. The normalized spacial score (nSPS) is 16.8. The van der Waals surface area contributed by atoms with Crippen LogP contribution in [0.15, 0.2) is 42.5 Å². The minimum atomic E-state index is -0.238. The summed E-state index contributed by atoms with van der Waals surface area (Å²) in [5, 5.41) is 4.43. The first kappa shape index (κ1) is 13.9. The van der Waals surface area contributed by atoms with Crippen molar-refractivity contribution in [3.05, 3.63) is 69.5 Å². The van der Waals surface area contributed by atoms with Crippen molar-refractivity contribution in [1.29, 1.82) is 0 Å². The summed E-state index contributed by atoms with van der Waals surface area (Å²) < 4.78 is 14.0. The quantitative estimate of drug-likeness (QED) is 0.895. The maximum absolute atomic E-state index is 14.0. The van der Waals surface area contributed by atoms with Crippen molar-refractivity contribution in [2.75, 3.05) is 13.1 Å². The Morgan fingerprint density at radius 1 is 1.00 bits per heavy atom. The van der Waals surface area contributed by atoms with E-state index < -0.39 is 0 Å². The van der Waals surface area contributed by atoms with Crippen LogP contribution in [-0.4, -0.2) is 13.1 Å². The summed E-state index contributed by atoms with van der Waals surface area (Å²) in [5.74, 6) is -0.238. The molecule has 2 aromatic rings. The Labute approximate surface area is 127 Å². The first-order valence-electron chi connectivity index (χ1n) is 6.50. The molecule has 2 aromatic carbocycles. The number of hydrogen-bond donors (Lipinski definition) is 1. The van der Waals surface area contributed by atoms with Gasteiger partial charge in [-0.3, -0.25) is 0 Å². The molecule has 104 valence electrons. The fourth-order valence-electron chi connectivity index (χ4n) is 2.69. The van der Waals surface area contributed by atoms with Crippen LogP contribution >= 0.6 is 23.2 Å². The maximum Gasteiger partial charge on any atom is 0.127 e. The second-order valence-electron chi connectivity index (χ2n) is 5.30. The van der Waals surface area contributed by atoms with Crippen LogP contribution in [0.5, 0.6) is 0 Å². The zero-order valence-corrected chi connectivity index (χ0v) is 12.3. The van der Waals surface area contributed by atoms with E-state index in [9.17, 15) is 4.39 Å². The van der Waals surface area contributed by atoms with Gasteiger partial charge in [0.15, 0.2) is 0 Å². The largest absolute Gasteiger partial charge is 0.315 e. The van der Waals surface area contributed by atoms with Crippen LogP contribution in [0.2, 0.25) is 10.0 Å². The molecule has 0 atom stereocenters. The van der Waals surface area contributed by atoms with Gasteiger partial charge in [0.05, 0.1) is 0 Å². The van der Waals surface area contributed by atoms with Crippen molar-refractivity contribution in [2.45, 2.75) is 11.8 Å². The van der Waals surface area contributed by atoms with Crippen molar-refractivity contribution >= 4 is 23.2 Å². The molecule has 0 aliphatic carbocycles. The fraction of sp³-hybridized carbons (Fsp3) is 0.250. The van der Waals surface area contributed by atoms with Gasteiger partial charge >= 0.3 is 0 Å². The van der Waals surface area contributed by atoms with Gasteiger partial charge in [-0.15, -0.1) is 0 Å². The number of benzene rings is 2. The van der Waals surface area contributed by atoms with Crippen LogP contribution in [0.3, 0.4) is 0 Å². The maximum atomic E-state index is 14.0. The highest BCUT2D eigenvalue weighted by Gasteiger charge is 2.39. The van der Waals surface area contributed by atoms with Crippen LogP contribution in [-0.2, 0) is 11.8 Å². The summed E-state index contributed by atoms with van der Waals surface area (Å²) in [4.78, 5) is 0. The minimum absolute atomic E-state index is 0.0563. The van der Waals surface area contributed by atoms with Crippen LogP contribution in [0.4, 0.5) is 4.39 Å². The third-order valence-corrected chi connectivity index (χ3v) is 4.41. The molecule has 1 saturated heterocycles. The average Bonchev–Trinajstić information content (AvgIpc) is 2.37. The highest BCUT2D eigenvalue weighted by molar-refractivity contribution is 6.30. The zero-order valence-electron chi connectivity index (χ0n) is 10.8. The zero-order chi connectivity index (χ0) is 14.2. The molecule has 1 aliphatic rings. The number of rotatable bonds is 3. The van der Waals surface area contributed by atoms with E-state index in [1.165, 1.54) is 11.6 Å². The average molecular weight is 310 g/mol. The van der Waals surface area contributed by atoms with E-state index in [0.29, 0.717) is 22.0 Å². The van der Waals surface area contributed by atoms with Gasteiger partial charge in [-0.05, 0) is 41.8 Å². The third kappa shape index (κ3) is 2.56. The Morgan fingerprint density at radius 3 is 2.20 bits per heavy atom. The Balaban J connectivity index is 1.91. The lowest BCUT2D eigenvalue weighted by molar-refractivity contribution is 0.272. The molecule has 0 saturated carbocycles. The van der Waals surface area contributed by atoms with Gasteiger partial charge < -0.3 is 5.32 Å². The van der Waals surface area contributed by atoms with Crippen molar-refractivity contribution in [2.24, 2.45) is 0 Å². The summed E-state index contributed by atoms with van der Waals surface area (Å²) >= 11 is 11.7. The molecule has 4 heteroatoms. The smallest absolute Gasteiger partial charge is 0.127 e. The van der Waals surface area contributed by atoms with Crippen LogP contribution in [0.1, 0.15) is 11.1 Å². The highest BCUT2D eigenvalue weighted by atomic mass is 35.5. The van der Waals surface area contributed by atoms with Gasteiger partial charge in [0, 0.05) is 28.5 Å². The van der Waals surface area contributed by atoms with E-state index in [1.54, 1.807) is 12.1 Å². The summed E-state index contributed by atoms with van der Waals surface area (Å²) in [6.45, 7) is 1.69. The van der Waals surface area contributed by atoms with E-state index in [0.717, 1.165) is 13.1 Å². The molecule has 0 bridgehead atoms. The van der Waals surface area contributed by atoms with E-state index in [1.807, 2.05) is 24.3 Å². The summed E-state index contributed by atoms with van der Waals surface area (Å²) in [5.41, 5.74) is 1.83. The van der Waals surface area contributed by atoms with E-state index in [-0.39, 0.29) is 11.2 Å². The van der Waals surface area contributed by atoms with Gasteiger partial charge in [-0.1, -0.05) is 41.4 Å². The molecular formula is C16H14Cl2FN. The SMILES string of the molecule is Fc1cc(Cl)ccc1CC1(c2ccc(Cl)cc2)CNC1. The lowest BCUT2D eigenvalue weighted by atomic mass is 9.71. The van der Waals surface area contributed by atoms with Crippen LogP contribution in [0, 0.1) is 5.82 Å². The number of nitrogens with one attached hydrogen (secondary N) is 1. The molecule has 0 radical (unpaired) electrons. The molecule has 1 aliphatic heterocycles. The minimum Gasteiger partial charge on any atom is -0.315 e. The van der Waals surface area contributed by atoms with Crippen LogP contribution in [0.25, 0.3) is 0 Å². The summed E-state index contributed by atoms with van der Waals surface area (Å²) in [7, 11) is 0. The highest BCUT2D eigenvalue weighted by Crippen LogP contribution is 2.34. The summed E-state index contributed by atoms with van der Waals surface area (Å²) in [6.07, 6.45) is 0.657. The molecule has 1 fully saturated rings. The van der Waals surface area contributed by atoms with E-state index in [2.05, 4.69) is 5.32 Å². The molecule has 0 aromatic heterocycles. The fourth-order valence-corrected chi connectivity index (χ4v) is 2.98. The Kier molecular flexibility index (Phi) is 3.72. The van der Waals surface area contributed by atoms with Crippen molar-refractivity contribution in [3.63, 3.8) is 0 Å². The lowest BCUT2D eigenvalue weighted by Crippen LogP contribution is -2.58. The van der Waals surface area contributed by atoms with Crippen LogP contribution < -0.4 is 5.32 Å². The molecule has 3 rings (SSSR count). The second kappa shape index (κ2) is 5.36. The molecule has 0 unspecified atom stereocenters. The molecule has 20 heavy (non-hydrogen) atoms. The predicted octanol–water partition coefficient (Wildman–Crippen LogP) is 4.22. The molecule has 1 N–H and O–H groups in total. The predicted molar refractivity (Wildman–Crippen MR) is 81.1 cm³/mol. The first-order chi connectivity index (χ1) is 9.59. The molecule has 1 nitrogen and oxygen atoms in total. The van der Waals surface area contributed by atoms with Gasteiger partial charge in [-0.2, -0.15) is 0 Å². The van der Waals surface area contributed by atoms with Crippen molar-refractivity contribution in [1.82, 2.24) is 5.32 Å². The van der Waals surface area contributed by atoms with E-state index >= 15 is 0 Å². The number of halogens is 3. The molecule has 1 heterocycles. The first-order valence-corrected chi connectivity index (χ1v) is 7.25. The monoisotopic (exact) mass is 309 g/mol. The number of hydrogen-bond acceptors (Lipinski definition) is 1. The molecule has 0 spiro atoms. The van der Waals surface area contributed by atoms with Gasteiger partial charge in [0.25, 0.3) is 0 Å². The Hall–Kier alpha value is -1.09. The topological polar surface area (TPSA) is 12.0 Å². The molecule has 0 amide bonds. The van der Waals surface area contributed by atoms with Gasteiger partial charge in [0.2, 0.25) is 0 Å². The Morgan fingerprint density at radius 2 is 1.65 bits per heavy atom. The lowest BCUT2D eigenvalue weighted by Gasteiger charge is -2.43. The Bertz CT molecular complexity index is 621. The second-order valence-corrected chi connectivity index (χ2v) is 6.18. The summed E-state index contributed by atoms with van der Waals surface area (Å²) in [6, 6.07) is 12.7. The standard InChI is InChI=1S/C16H14Cl2FN/c17-13-5-2-12(3-6-13)16(9-20-10-16)8-11-1-4-14(18)7-15(11)19/h1-7,20H,8-10H2.